The molecule has 0 amide bonds. The van der Waals surface area contributed by atoms with Gasteiger partial charge in [0.2, 0.25) is 0 Å². The van der Waals surface area contributed by atoms with Crippen LogP contribution in [0.4, 0.5) is 5.69 Å². The van der Waals surface area contributed by atoms with Crippen molar-refractivity contribution in [3.63, 3.8) is 0 Å². The van der Waals surface area contributed by atoms with Gasteiger partial charge in [-0.25, -0.2) is 0 Å². The zero-order valence-corrected chi connectivity index (χ0v) is 11.9. The minimum atomic E-state index is 1.13. The van der Waals surface area contributed by atoms with Crippen LogP contribution in [0.15, 0.2) is 0 Å². The van der Waals surface area contributed by atoms with Gasteiger partial charge in [-0.3, -0.25) is 0 Å². The first-order valence-corrected chi connectivity index (χ1v) is 6.19. The van der Waals surface area contributed by atoms with Crippen molar-refractivity contribution in [1.82, 2.24) is 0 Å². The zero-order valence-electron chi connectivity index (χ0n) is 11.9. The highest BCUT2D eigenvalue weighted by molar-refractivity contribution is 5.65. The van der Waals surface area contributed by atoms with Gasteiger partial charge in [0.15, 0.2) is 0 Å². The van der Waals surface area contributed by atoms with Gasteiger partial charge in [-0.05, 0) is 68.9 Å². The molecule has 1 aromatic carbocycles. The predicted octanol–water partition coefficient (Wildman–Crippen LogP) is 4.07. The highest BCUT2D eigenvalue weighted by Gasteiger charge is 2.14. The van der Waals surface area contributed by atoms with Crippen molar-refractivity contribution in [3.8, 4) is 0 Å². The fraction of sp³-hybridized carbons (Fsp3) is 0.600. The summed E-state index contributed by atoms with van der Waals surface area (Å²) in [6.07, 6.45) is 1.20. The first-order chi connectivity index (χ1) is 7.41. The second kappa shape index (κ2) is 4.90. The molecule has 0 saturated carbocycles. The summed E-state index contributed by atoms with van der Waals surface area (Å²) in [5, 5.41) is 0. The van der Waals surface area contributed by atoms with Gasteiger partial charge >= 0.3 is 0 Å². The van der Waals surface area contributed by atoms with Crippen LogP contribution in [0.2, 0.25) is 0 Å². The molecule has 1 aromatic rings. The van der Waals surface area contributed by atoms with Gasteiger partial charge in [0.1, 0.15) is 0 Å². The Hall–Kier alpha value is -0.980. The largest absolute Gasteiger partial charge is 0.374 e. The Bertz CT molecular complexity index is 362. The molecule has 0 heterocycles. The molecule has 1 heteroatoms. The Morgan fingerprint density at radius 1 is 0.750 bits per heavy atom. The first kappa shape index (κ1) is 13.1. The Balaban J connectivity index is 3.39. The van der Waals surface area contributed by atoms with Crippen LogP contribution in [0.1, 0.15) is 41.2 Å². The number of benzene rings is 1. The van der Waals surface area contributed by atoms with Gasteiger partial charge in [-0.15, -0.1) is 0 Å². The van der Waals surface area contributed by atoms with E-state index in [1.807, 2.05) is 0 Å². The van der Waals surface area contributed by atoms with Gasteiger partial charge in [0, 0.05) is 19.3 Å². The maximum absolute atomic E-state index is 2.39. The number of nitrogens with zero attached hydrogens (tertiary/aromatic N) is 1. The molecule has 0 atom stereocenters. The third-order valence-electron chi connectivity index (χ3n) is 3.90. The van der Waals surface area contributed by atoms with E-state index in [0.29, 0.717) is 0 Å². The van der Waals surface area contributed by atoms with Crippen LogP contribution in [-0.4, -0.2) is 13.6 Å². The maximum atomic E-state index is 2.39. The Labute approximate surface area is 100 Å². The molecule has 1 rings (SSSR count). The number of hydrogen-bond acceptors (Lipinski definition) is 1. The summed E-state index contributed by atoms with van der Waals surface area (Å²) >= 11 is 0. The summed E-state index contributed by atoms with van der Waals surface area (Å²) in [6.45, 7) is 14.6. The van der Waals surface area contributed by atoms with Crippen LogP contribution in [-0.2, 0) is 0 Å². The summed E-state index contributed by atoms with van der Waals surface area (Å²) in [4.78, 5) is 2.39. The van der Waals surface area contributed by atoms with Crippen LogP contribution >= 0.6 is 0 Å². The lowest BCUT2D eigenvalue weighted by Crippen LogP contribution is -2.21. The number of rotatable bonds is 3. The zero-order chi connectivity index (χ0) is 12.5. The predicted molar refractivity (Wildman–Crippen MR) is 73.7 cm³/mol. The fourth-order valence-corrected chi connectivity index (χ4v) is 2.50. The van der Waals surface area contributed by atoms with E-state index in [0.717, 1.165) is 6.54 Å². The topological polar surface area (TPSA) is 3.24 Å². The van der Waals surface area contributed by atoms with Crippen molar-refractivity contribution < 1.29 is 0 Å². The van der Waals surface area contributed by atoms with Gasteiger partial charge in [-0.2, -0.15) is 0 Å². The smallest absolute Gasteiger partial charge is 0.0428 e. The van der Waals surface area contributed by atoms with Crippen LogP contribution in [0.3, 0.4) is 0 Å². The molecule has 0 saturated heterocycles. The van der Waals surface area contributed by atoms with E-state index >= 15 is 0 Å². The molecule has 90 valence electrons. The Kier molecular flexibility index (Phi) is 4.01. The molecule has 0 unspecified atom stereocenters. The molecule has 0 aliphatic rings. The average Bonchev–Trinajstić information content (AvgIpc) is 2.24. The molecule has 0 spiro atoms. The fourth-order valence-electron chi connectivity index (χ4n) is 2.50. The second-order valence-corrected chi connectivity index (χ2v) is 4.90. The summed E-state index contributed by atoms with van der Waals surface area (Å²) in [5.74, 6) is 0. The SMILES string of the molecule is CCCN(C)c1c(C)c(C)c(C)c(C)c1C. The van der Waals surface area contributed by atoms with Gasteiger partial charge in [0.25, 0.3) is 0 Å². The lowest BCUT2D eigenvalue weighted by Gasteiger charge is -2.27. The van der Waals surface area contributed by atoms with Gasteiger partial charge in [-0.1, -0.05) is 6.92 Å². The molecule has 0 aromatic heterocycles. The number of anilines is 1. The summed E-state index contributed by atoms with van der Waals surface area (Å²) in [6, 6.07) is 0. The van der Waals surface area contributed by atoms with Crippen LogP contribution in [0.5, 0.6) is 0 Å². The molecular formula is C15H25N. The minimum absolute atomic E-state index is 1.13. The van der Waals surface area contributed by atoms with E-state index in [1.165, 1.54) is 39.9 Å². The lowest BCUT2D eigenvalue weighted by atomic mass is 9.92. The van der Waals surface area contributed by atoms with Crippen molar-refractivity contribution in [1.29, 1.82) is 0 Å². The molecule has 0 aliphatic carbocycles. The summed E-state index contributed by atoms with van der Waals surface area (Å²) in [5.41, 5.74) is 8.65. The van der Waals surface area contributed by atoms with Crippen molar-refractivity contribution in [2.75, 3.05) is 18.5 Å². The number of hydrogen-bond donors (Lipinski definition) is 0. The van der Waals surface area contributed by atoms with E-state index in [2.05, 4.69) is 53.5 Å². The van der Waals surface area contributed by atoms with E-state index in [9.17, 15) is 0 Å². The third kappa shape index (κ3) is 2.09. The molecule has 0 bridgehead atoms. The average molecular weight is 219 g/mol. The Morgan fingerprint density at radius 3 is 1.50 bits per heavy atom. The molecule has 0 aliphatic heterocycles. The van der Waals surface area contributed by atoms with Crippen molar-refractivity contribution in [3.05, 3.63) is 27.8 Å². The quantitative estimate of drug-likeness (QED) is 0.740. The van der Waals surface area contributed by atoms with Crippen LogP contribution < -0.4 is 4.90 Å². The minimum Gasteiger partial charge on any atom is -0.374 e. The summed E-state index contributed by atoms with van der Waals surface area (Å²) in [7, 11) is 2.20. The Morgan fingerprint density at radius 2 is 1.12 bits per heavy atom. The van der Waals surface area contributed by atoms with Crippen molar-refractivity contribution in [2.24, 2.45) is 0 Å². The third-order valence-corrected chi connectivity index (χ3v) is 3.90. The molecule has 16 heavy (non-hydrogen) atoms. The van der Waals surface area contributed by atoms with E-state index < -0.39 is 0 Å². The maximum Gasteiger partial charge on any atom is 0.0428 e. The normalized spacial score (nSPS) is 10.7. The standard InChI is InChI=1S/C15H25N/c1-8-9-16(7)15-13(5)11(3)10(2)12(4)14(15)6/h8-9H2,1-7H3. The van der Waals surface area contributed by atoms with E-state index in [-0.39, 0.29) is 0 Å². The monoisotopic (exact) mass is 219 g/mol. The van der Waals surface area contributed by atoms with E-state index in [4.69, 9.17) is 0 Å². The molecule has 0 radical (unpaired) electrons. The second-order valence-electron chi connectivity index (χ2n) is 4.90. The highest BCUT2D eigenvalue weighted by atomic mass is 15.1. The van der Waals surface area contributed by atoms with E-state index in [1.54, 1.807) is 0 Å². The molecule has 0 N–H and O–H groups in total. The lowest BCUT2D eigenvalue weighted by molar-refractivity contribution is 0.843. The molecular weight excluding hydrogens is 194 g/mol. The highest BCUT2D eigenvalue weighted by Crippen LogP contribution is 2.32. The first-order valence-electron chi connectivity index (χ1n) is 6.19. The molecule has 1 nitrogen and oxygen atoms in total. The molecule has 0 fully saturated rings. The van der Waals surface area contributed by atoms with Crippen molar-refractivity contribution >= 4 is 5.69 Å². The van der Waals surface area contributed by atoms with Crippen LogP contribution in [0, 0.1) is 34.6 Å². The van der Waals surface area contributed by atoms with Gasteiger partial charge < -0.3 is 4.90 Å². The van der Waals surface area contributed by atoms with Crippen molar-refractivity contribution in [2.45, 2.75) is 48.0 Å². The van der Waals surface area contributed by atoms with Crippen LogP contribution in [0.25, 0.3) is 0 Å². The summed E-state index contributed by atoms with van der Waals surface area (Å²) < 4.78 is 0. The van der Waals surface area contributed by atoms with Gasteiger partial charge in [0.05, 0.1) is 0 Å².